The summed E-state index contributed by atoms with van der Waals surface area (Å²) < 4.78 is 0. The number of nitrogens with one attached hydrogen (secondary N) is 1. The predicted molar refractivity (Wildman–Crippen MR) is 87.7 cm³/mol. The first kappa shape index (κ1) is 14.7. The summed E-state index contributed by atoms with van der Waals surface area (Å²) in [4.78, 5) is 18.0. The largest absolute Gasteiger partial charge is 0.394 e. The Bertz CT molecular complexity index is 693. The molecule has 2 aromatic heterocycles. The molecule has 2 heterocycles. The molecule has 2 aromatic rings. The van der Waals surface area contributed by atoms with Crippen LogP contribution in [0.5, 0.6) is 0 Å². The number of hydrogen-bond acceptors (Lipinski definition) is 6. The molecule has 0 saturated heterocycles. The van der Waals surface area contributed by atoms with E-state index in [1.807, 2.05) is 13.8 Å². The zero-order chi connectivity index (χ0) is 15.7. The molecule has 0 aliphatic heterocycles. The van der Waals surface area contributed by atoms with E-state index in [9.17, 15) is 0 Å². The fourth-order valence-electron chi connectivity index (χ4n) is 2.51. The minimum atomic E-state index is 0.519. The molecule has 0 spiro atoms. The van der Waals surface area contributed by atoms with Gasteiger partial charge in [-0.15, -0.1) is 0 Å². The standard InChI is InChI=1S/C16H22N6/c1-4-7-18-16-13(17)10(3)21-15(22-16)12-9(2)19-8-20-14(12)11-5-6-11/h8,11H,4-7,17H2,1-3H3,(H,18,21,22). The van der Waals surface area contributed by atoms with E-state index in [0.717, 1.165) is 35.6 Å². The monoisotopic (exact) mass is 298 g/mol. The van der Waals surface area contributed by atoms with Crippen LogP contribution >= 0.6 is 0 Å². The summed E-state index contributed by atoms with van der Waals surface area (Å²) in [6.07, 6.45) is 5.00. The summed E-state index contributed by atoms with van der Waals surface area (Å²) in [6, 6.07) is 0. The molecule has 0 bridgehead atoms. The minimum Gasteiger partial charge on any atom is -0.394 e. The van der Waals surface area contributed by atoms with Crippen LogP contribution in [0, 0.1) is 13.8 Å². The van der Waals surface area contributed by atoms with Gasteiger partial charge in [0, 0.05) is 12.5 Å². The van der Waals surface area contributed by atoms with Gasteiger partial charge in [0.15, 0.2) is 11.6 Å². The van der Waals surface area contributed by atoms with Gasteiger partial charge in [0.1, 0.15) is 6.33 Å². The summed E-state index contributed by atoms with van der Waals surface area (Å²) in [5.74, 6) is 1.89. The number of hydrogen-bond donors (Lipinski definition) is 2. The van der Waals surface area contributed by atoms with Crippen molar-refractivity contribution >= 4 is 11.5 Å². The molecule has 3 N–H and O–H groups in total. The minimum absolute atomic E-state index is 0.519. The van der Waals surface area contributed by atoms with E-state index in [1.54, 1.807) is 6.33 Å². The van der Waals surface area contributed by atoms with Crippen molar-refractivity contribution in [3.05, 3.63) is 23.4 Å². The van der Waals surface area contributed by atoms with Crippen LogP contribution in [-0.4, -0.2) is 26.5 Å². The Morgan fingerprint density at radius 2 is 1.95 bits per heavy atom. The summed E-state index contributed by atoms with van der Waals surface area (Å²) in [5, 5.41) is 3.28. The number of anilines is 2. The molecule has 6 nitrogen and oxygen atoms in total. The number of nitrogens with zero attached hydrogens (tertiary/aromatic N) is 4. The Balaban J connectivity index is 2.10. The molecule has 0 atom stereocenters. The number of nitrogens with two attached hydrogens (primary N) is 1. The molecule has 0 aromatic carbocycles. The number of nitrogen functional groups attached to an aromatic ring is 1. The first-order valence-corrected chi connectivity index (χ1v) is 7.81. The number of aromatic nitrogens is 4. The lowest BCUT2D eigenvalue weighted by Crippen LogP contribution is -2.10. The third-order valence-corrected chi connectivity index (χ3v) is 3.93. The highest BCUT2D eigenvalue weighted by atomic mass is 15.1. The van der Waals surface area contributed by atoms with Gasteiger partial charge in [-0.3, -0.25) is 0 Å². The van der Waals surface area contributed by atoms with Crippen LogP contribution < -0.4 is 11.1 Å². The van der Waals surface area contributed by atoms with Gasteiger partial charge in [-0.25, -0.2) is 19.9 Å². The zero-order valence-electron chi connectivity index (χ0n) is 13.3. The Labute approximate surface area is 130 Å². The SMILES string of the molecule is CCCNc1nc(-c2c(C)ncnc2C2CC2)nc(C)c1N. The van der Waals surface area contributed by atoms with Crippen molar-refractivity contribution in [2.75, 3.05) is 17.6 Å². The Kier molecular flexibility index (Phi) is 3.92. The Morgan fingerprint density at radius 1 is 1.18 bits per heavy atom. The smallest absolute Gasteiger partial charge is 0.165 e. The molecule has 116 valence electrons. The van der Waals surface area contributed by atoms with Gasteiger partial charge in [-0.2, -0.15) is 0 Å². The maximum absolute atomic E-state index is 6.10. The third-order valence-electron chi connectivity index (χ3n) is 3.93. The van der Waals surface area contributed by atoms with E-state index in [2.05, 4.69) is 32.2 Å². The van der Waals surface area contributed by atoms with Crippen molar-refractivity contribution in [1.82, 2.24) is 19.9 Å². The Morgan fingerprint density at radius 3 is 2.64 bits per heavy atom. The van der Waals surface area contributed by atoms with Crippen LogP contribution in [0.25, 0.3) is 11.4 Å². The molecular formula is C16H22N6. The molecular weight excluding hydrogens is 276 g/mol. The van der Waals surface area contributed by atoms with Crippen molar-refractivity contribution in [3.63, 3.8) is 0 Å². The molecule has 22 heavy (non-hydrogen) atoms. The first-order chi connectivity index (χ1) is 10.6. The molecule has 1 aliphatic rings. The molecule has 3 rings (SSSR count). The van der Waals surface area contributed by atoms with Crippen molar-refractivity contribution in [2.24, 2.45) is 0 Å². The molecule has 0 radical (unpaired) electrons. The molecule has 1 saturated carbocycles. The Hall–Kier alpha value is -2.24. The zero-order valence-corrected chi connectivity index (χ0v) is 13.3. The molecule has 0 amide bonds. The predicted octanol–water partition coefficient (Wildman–Crippen LogP) is 2.83. The van der Waals surface area contributed by atoms with Gasteiger partial charge in [0.05, 0.1) is 28.3 Å². The van der Waals surface area contributed by atoms with Crippen LogP contribution in [0.3, 0.4) is 0 Å². The average Bonchev–Trinajstić information content (AvgIpc) is 3.33. The van der Waals surface area contributed by atoms with Crippen molar-refractivity contribution in [2.45, 2.75) is 46.0 Å². The van der Waals surface area contributed by atoms with E-state index in [-0.39, 0.29) is 0 Å². The van der Waals surface area contributed by atoms with Gasteiger partial charge in [0.2, 0.25) is 0 Å². The number of rotatable bonds is 5. The van der Waals surface area contributed by atoms with Crippen LogP contribution in [0.1, 0.15) is 49.2 Å². The van der Waals surface area contributed by atoms with Crippen molar-refractivity contribution < 1.29 is 0 Å². The topological polar surface area (TPSA) is 89.6 Å². The lowest BCUT2D eigenvalue weighted by Gasteiger charge is -2.14. The lowest BCUT2D eigenvalue weighted by atomic mass is 10.1. The fraction of sp³-hybridized carbons (Fsp3) is 0.500. The summed E-state index contributed by atoms with van der Waals surface area (Å²) in [6.45, 7) is 6.84. The highest BCUT2D eigenvalue weighted by Crippen LogP contribution is 2.43. The van der Waals surface area contributed by atoms with Gasteiger partial charge < -0.3 is 11.1 Å². The van der Waals surface area contributed by atoms with Gasteiger partial charge >= 0.3 is 0 Å². The molecule has 0 unspecified atom stereocenters. The van der Waals surface area contributed by atoms with E-state index < -0.39 is 0 Å². The van der Waals surface area contributed by atoms with Crippen molar-refractivity contribution in [3.8, 4) is 11.4 Å². The third kappa shape index (κ3) is 2.73. The highest BCUT2D eigenvalue weighted by Gasteiger charge is 2.30. The van der Waals surface area contributed by atoms with Crippen LogP contribution in [0.4, 0.5) is 11.5 Å². The number of aryl methyl sites for hydroxylation is 2. The van der Waals surface area contributed by atoms with Crippen LogP contribution in [0.15, 0.2) is 6.33 Å². The molecule has 6 heteroatoms. The normalized spacial score (nSPS) is 14.1. The quantitative estimate of drug-likeness (QED) is 0.882. The van der Waals surface area contributed by atoms with E-state index in [1.165, 1.54) is 12.8 Å². The van der Waals surface area contributed by atoms with Crippen molar-refractivity contribution in [1.29, 1.82) is 0 Å². The maximum atomic E-state index is 6.10. The van der Waals surface area contributed by atoms with Gasteiger partial charge in [-0.05, 0) is 33.1 Å². The van der Waals surface area contributed by atoms with Gasteiger partial charge in [0.25, 0.3) is 0 Å². The van der Waals surface area contributed by atoms with E-state index in [4.69, 9.17) is 5.73 Å². The second-order valence-corrected chi connectivity index (χ2v) is 5.82. The first-order valence-electron chi connectivity index (χ1n) is 7.81. The van der Waals surface area contributed by atoms with Crippen LogP contribution in [-0.2, 0) is 0 Å². The highest BCUT2D eigenvalue weighted by molar-refractivity contribution is 5.70. The molecule has 1 aliphatic carbocycles. The second-order valence-electron chi connectivity index (χ2n) is 5.82. The van der Waals surface area contributed by atoms with E-state index >= 15 is 0 Å². The lowest BCUT2D eigenvalue weighted by molar-refractivity contribution is 0.945. The molecule has 1 fully saturated rings. The average molecular weight is 298 g/mol. The van der Waals surface area contributed by atoms with Gasteiger partial charge in [-0.1, -0.05) is 6.92 Å². The summed E-state index contributed by atoms with van der Waals surface area (Å²) in [5.41, 5.74) is 10.4. The fourth-order valence-corrected chi connectivity index (χ4v) is 2.51. The summed E-state index contributed by atoms with van der Waals surface area (Å²) >= 11 is 0. The van der Waals surface area contributed by atoms with E-state index in [0.29, 0.717) is 23.2 Å². The summed E-state index contributed by atoms with van der Waals surface area (Å²) in [7, 11) is 0. The van der Waals surface area contributed by atoms with Crippen LogP contribution in [0.2, 0.25) is 0 Å². The second kappa shape index (κ2) is 5.87. The maximum Gasteiger partial charge on any atom is 0.165 e.